The quantitative estimate of drug-likeness (QED) is 0.726. The fourth-order valence-electron chi connectivity index (χ4n) is 3.57. The minimum absolute atomic E-state index is 0.633. The van der Waals surface area contributed by atoms with E-state index in [0.29, 0.717) is 5.92 Å². The molecule has 1 aliphatic rings. The smallest absolute Gasteiger partial charge is 0.143 e. The summed E-state index contributed by atoms with van der Waals surface area (Å²) in [7, 11) is 3.70. The molecule has 0 spiro atoms. The summed E-state index contributed by atoms with van der Waals surface area (Å²) >= 11 is 0. The summed E-state index contributed by atoms with van der Waals surface area (Å²) in [6.45, 7) is 1.96. The van der Waals surface area contributed by atoms with Crippen LogP contribution in [-0.2, 0) is 13.5 Å². The molecule has 3 heterocycles. The number of anilines is 1. The Morgan fingerprint density at radius 2 is 2.04 bits per heavy atom. The molecule has 1 aliphatic heterocycles. The van der Waals surface area contributed by atoms with Crippen LogP contribution in [0.4, 0.5) is 5.82 Å². The van der Waals surface area contributed by atoms with Crippen molar-refractivity contribution in [2.24, 2.45) is 13.0 Å². The zero-order valence-corrected chi connectivity index (χ0v) is 14.6. The van der Waals surface area contributed by atoms with Crippen molar-refractivity contribution in [3.8, 4) is 5.75 Å². The first-order valence-electron chi connectivity index (χ1n) is 8.62. The van der Waals surface area contributed by atoms with Crippen molar-refractivity contribution in [1.82, 2.24) is 24.7 Å². The maximum Gasteiger partial charge on any atom is 0.143 e. The average Bonchev–Trinajstić information content (AvgIpc) is 3.06. The number of hydrogen-bond acceptors (Lipinski definition) is 6. The lowest BCUT2D eigenvalue weighted by Gasteiger charge is -2.33. The van der Waals surface area contributed by atoms with Crippen LogP contribution in [0.15, 0.2) is 30.9 Å². The molecule has 0 N–H and O–H groups in total. The van der Waals surface area contributed by atoms with E-state index in [0.717, 1.165) is 60.6 Å². The normalized spacial score (nSPS) is 15.7. The Kier molecular flexibility index (Phi) is 4.21. The van der Waals surface area contributed by atoms with Crippen molar-refractivity contribution in [2.75, 3.05) is 25.1 Å². The molecule has 3 aromatic rings. The zero-order chi connectivity index (χ0) is 17.2. The highest BCUT2D eigenvalue weighted by Gasteiger charge is 2.24. The zero-order valence-electron chi connectivity index (χ0n) is 14.6. The highest BCUT2D eigenvalue weighted by Crippen LogP contribution is 2.33. The Labute approximate surface area is 146 Å². The van der Waals surface area contributed by atoms with Crippen LogP contribution in [-0.4, -0.2) is 44.9 Å². The molecule has 0 aliphatic carbocycles. The molecule has 7 nitrogen and oxygen atoms in total. The Bertz CT molecular complexity index is 864. The third kappa shape index (κ3) is 3.01. The minimum Gasteiger partial charge on any atom is -0.496 e. The summed E-state index contributed by atoms with van der Waals surface area (Å²) in [5.41, 5.74) is 0.922. The van der Waals surface area contributed by atoms with Gasteiger partial charge in [-0.25, -0.2) is 9.97 Å². The van der Waals surface area contributed by atoms with E-state index < -0.39 is 0 Å². The van der Waals surface area contributed by atoms with Crippen molar-refractivity contribution in [2.45, 2.75) is 19.3 Å². The maximum atomic E-state index is 5.54. The molecule has 0 bridgehead atoms. The lowest BCUT2D eigenvalue weighted by atomic mass is 9.93. The molecular formula is C18H22N6O. The van der Waals surface area contributed by atoms with Gasteiger partial charge in [0.1, 0.15) is 30.0 Å². The van der Waals surface area contributed by atoms with E-state index in [1.165, 1.54) is 0 Å². The number of piperidine rings is 1. The fraction of sp³-hybridized carbons (Fsp3) is 0.444. The number of nitrogens with zero attached hydrogens (tertiary/aromatic N) is 6. The highest BCUT2D eigenvalue weighted by atomic mass is 16.5. The third-order valence-electron chi connectivity index (χ3n) is 5.02. The number of rotatable bonds is 4. The van der Waals surface area contributed by atoms with Crippen LogP contribution in [0.2, 0.25) is 0 Å². The van der Waals surface area contributed by atoms with Gasteiger partial charge < -0.3 is 14.2 Å². The predicted molar refractivity (Wildman–Crippen MR) is 95.7 cm³/mol. The van der Waals surface area contributed by atoms with Crippen molar-refractivity contribution in [3.05, 3.63) is 36.7 Å². The van der Waals surface area contributed by atoms with Crippen molar-refractivity contribution >= 4 is 16.7 Å². The van der Waals surface area contributed by atoms with E-state index in [-0.39, 0.29) is 0 Å². The van der Waals surface area contributed by atoms with E-state index in [4.69, 9.17) is 4.74 Å². The van der Waals surface area contributed by atoms with Crippen molar-refractivity contribution < 1.29 is 4.74 Å². The number of aromatic nitrogens is 5. The lowest BCUT2D eigenvalue weighted by Crippen LogP contribution is -2.35. The topological polar surface area (TPSA) is 69.0 Å². The van der Waals surface area contributed by atoms with Crippen LogP contribution < -0.4 is 9.64 Å². The largest absolute Gasteiger partial charge is 0.496 e. The molecule has 0 saturated carbocycles. The molecule has 2 aromatic heterocycles. The minimum atomic E-state index is 0.633. The first kappa shape index (κ1) is 15.8. The van der Waals surface area contributed by atoms with Gasteiger partial charge in [0.2, 0.25) is 0 Å². The van der Waals surface area contributed by atoms with Gasteiger partial charge >= 0.3 is 0 Å². The van der Waals surface area contributed by atoms with Crippen LogP contribution in [0.1, 0.15) is 18.7 Å². The molecule has 1 saturated heterocycles. The summed E-state index contributed by atoms with van der Waals surface area (Å²) in [4.78, 5) is 11.3. The van der Waals surface area contributed by atoms with Crippen molar-refractivity contribution in [3.63, 3.8) is 0 Å². The number of aryl methyl sites for hydroxylation is 1. The van der Waals surface area contributed by atoms with Crippen LogP contribution in [0.3, 0.4) is 0 Å². The fourth-order valence-corrected chi connectivity index (χ4v) is 3.57. The van der Waals surface area contributed by atoms with E-state index in [1.54, 1.807) is 19.8 Å². The van der Waals surface area contributed by atoms with Gasteiger partial charge in [-0.15, -0.1) is 10.2 Å². The standard InChI is InChI=1S/C18H22N6O/c1-23-12-21-22-16(23)10-13-6-8-24(9-7-13)18-17-14(19-11-20-18)4-3-5-15(17)25-2/h3-5,11-13H,6-10H2,1-2H3. The second kappa shape index (κ2) is 6.66. The molecule has 1 fully saturated rings. The lowest BCUT2D eigenvalue weighted by molar-refractivity contribution is 0.391. The summed E-state index contributed by atoms with van der Waals surface area (Å²) in [5, 5.41) is 9.19. The van der Waals surface area contributed by atoms with Gasteiger partial charge in [-0.1, -0.05) is 6.07 Å². The summed E-state index contributed by atoms with van der Waals surface area (Å²) in [5.74, 6) is 3.50. The van der Waals surface area contributed by atoms with Crippen LogP contribution in [0, 0.1) is 5.92 Å². The average molecular weight is 338 g/mol. The number of ether oxygens (including phenoxy) is 1. The van der Waals surface area contributed by atoms with Gasteiger partial charge in [-0.05, 0) is 30.9 Å². The van der Waals surface area contributed by atoms with Gasteiger partial charge in [0.05, 0.1) is 18.0 Å². The van der Waals surface area contributed by atoms with E-state index in [9.17, 15) is 0 Å². The van der Waals surface area contributed by atoms with Crippen LogP contribution in [0.25, 0.3) is 10.9 Å². The summed E-state index contributed by atoms with van der Waals surface area (Å²) in [6.07, 6.45) is 6.63. The number of fused-ring (bicyclic) bond motifs is 1. The highest BCUT2D eigenvalue weighted by molar-refractivity contribution is 5.94. The first-order valence-corrected chi connectivity index (χ1v) is 8.62. The van der Waals surface area contributed by atoms with Crippen LogP contribution in [0.5, 0.6) is 5.75 Å². The Morgan fingerprint density at radius 1 is 1.20 bits per heavy atom. The molecular weight excluding hydrogens is 316 g/mol. The molecule has 7 heteroatoms. The molecule has 25 heavy (non-hydrogen) atoms. The predicted octanol–water partition coefficient (Wildman–Crippen LogP) is 2.23. The first-order chi connectivity index (χ1) is 12.3. The molecule has 0 unspecified atom stereocenters. The third-order valence-corrected chi connectivity index (χ3v) is 5.02. The molecule has 130 valence electrons. The molecule has 0 radical (unpaired) electrons. The van der Waals surface area contributed by atoms with E-state index in [1.807, 2.05) is 29.8 Å². The summed E-state index contributed by atoms with van der Waals surface area (Å²) < 4.78 is 7.55. The van der Waals surface area contributed by atoms with Crippen molar-refractivity contribution in [1.29, 1.82) is 0 Å². The van der Waals surface area contributed by atoms with E-state index in [2.05, 4.69) is 25.1 Å². The number of methoxy groups -OCH3 is 1. The monoisotopic (exact) mass is 338 g/mol. The Balaban J connectivity index is 1.53. The Hall–Kier alpha value is -2.70. The molecule has 0 atom stereocenters. The van der Waals surface area contributed by atoms with Gasteiger partial charge in [0, 0.05) is 26.6 Å². The second-order valence-electron chi connectivity index (χ2n) is 6.54. The SMILES string of the molecule is COc1cccc2ncnc(N3CCC(Cc4nncn4C)CC3)c12. The maximum absolute atomic E-state index is 5.54. The van der Waals surface area contributed by atoms with Crippen LogP contribution >= 0.6 is 0 Å². The van der Waals surface area contributed by atoms with E-state index >= 15 is 0 Å². The molecule has 0 amide bonds. The van der Waals surface area contributed by atoms with Gasteiger partial charge in [-0.3, -0.25) is 0 Å². The Morgan fingerprint density at radius 3 is 2.76 bits per heavy atom. The number of benzene rings is 1. The van der Waals surface area contributed by atoms with Gasteiger partial charge in [0.25, 0.3) is 0 Å². The number of hydrogen-bond donors (Lipinski definition) is 0. The molecule has 1 aromatic carbocycles. The van der Waals surface area contributed by atoms with Gasteiger partial charge in [0.15, 0.2) is 0 Å². The second-order valence-corrected chi connectivity index (χ2v) is 6.54. The van der Waals surface area contributed by atoms with Gasteiger partial charge in [-0.2, -0.15) is 0 Å². The summed E-state index contributed by atoms with van der Waals surface area (Å²) in [6, 6.07) is 5.94. The molecule has 4 rings (SSSR count).